The average Bonchev–Trinajstić information content (AvgIpc) is 2.46. The van der Waals surface area contributed by atoms with Crippen LogP contribution in [0, 0.1) is 0 Å². The molecular weight excluding hydrogens is 254 g/mol. The number of ether oxygens (including phenoxy) is 3. The first-order valence-electron chi connectivity index (χ1n) is 7.27. The second-order valence-electron chi connectivity index (χ2n) is 5.27. The van der Waals surface area contributed by atoms with Crippen LogP contribution >= 0.6 is 0 Å². The Morgan fingerprint density at radius 1 is 1.20 bits per heavy atom. The molecule has 1 heterocycles. The molecule has 0 spiro atoms. The Labute approximate surface area is 121 Å². The zero-order chi connectivity index (χ0) is 14.4. The minimum absolute atomic E-state index is 0.306. The Balaban J connectivity index is 1.86. The Bertz CT molecular complexity index is 393. The molecular formula is C16H25NO3. The van der Waals surface area contributed by atoms with E-state index in [0.717, 1.165) is 25.4 Å². The van der Waals surface area contributed by atoms with Crippen molar-refractivity contribution in [2.45, 2.75) is 32.5 Å². The second kappa shape index (κ2) is 7.62. The van der Waals surface area contributed by atoms with Crippen molar-refractivity contribution < 1.29 is 14.2 Å². The highest BCUT2D eigenvalue weighted by molar-refractivity contribution is 5.27. The first-order chi connectivity index (χ1) is 9.70. The van der Waals surface area contributed by atoms with Gasteiger partial charge in [-0.05, 0) is 31.5 Å². The first kappa shape index (κ1) is 15.3. The molecule has 1 aliphatic heterocycles. The molecule has 0 bridgehead atoms. The van der Waals surface area contributed by atoms with E-state index in [9.17, 15) is 0 Å². The summed E-state index contributed by atoms with van der Waals surface area (Å²) in [6, 6.07) is 8.78. The summed E-state index contributed by atoms with van der Waals surface area (Å²) in [5.74, 6) is 0.897. The number of morpholine rings is 1. The van der Waals surface area contributed by atoms with Crippen LogP contribution in [0.25, 0.3) is 0 Å². The SMILES string of the molecule is COCCOc1ccc(CN2CCO[C@H](C)[C@H]2C)cc1. The minimum atomic E-state index is 0.306. The summed E-state index contributed by atoms with van der Waals surface area (Å²) < 4.78 is 16.2. The maximum absolute atomic E-state index is 5.66. The van der Waals surface area contributed by atoms with E-state index in [-0.39, 0.29) is 0 Å². The van der Waals surface area contributed by atoms with Crippen LogP contribution in [0.2, 0.25) is 0 Å². The highest BCUT2D eigenvalue weighted by Gasteiger charge is 2.25. The number of hydrogen-bond acceptors (Lipinski definition) is 4. The van der Waals surface area contributed by atoms with Crippen molar-refractivity contribution in [1.29, 1.82) is 0 Å². The number of methoxy groups -OCH3 is 1. The van der Waals surface area contributed by atoms with Gasteiger partial charge in [-0.15, -0.1) is 0 Å². The summed E-state index contributed by atoms with van der Waals surface area (Å²) in [4.78, 5) is 2.47. The maximum Gasteiger partial charge on any atom is 0.119 e. The summed E-state index contributed by atoms with van der Waals surface area (Å²) in [5.41, 5.74) is 1.31. The first-order valence-corrected chi connectivity index (χ1v) is 7.27. The number of benzene rings is 1. The fourth-order valence-corrected chi connectivity index (χ4v) is 2.39. The highest BCUT2D eigenvalue weighted by Crippen LogP contribution is 2.18. The van der Waals surface area contributed by atoms with Gasteiger partial charge in [0.15, 0.2) is 0 Å². The molecule has 112 valence electrons. The van der Waals surface area contributed by atoms with Crippen LogP contribution in [-0.4, -0.2) is 50.5 Å². The van der Waals surface area contributed by atoms with E-state index in [4.69, 9.17) is 14.2 Å². The van der Waals surface area contributed by atoms with Crippen molar-refractivity contribution >= 4 is 0 Å². The molecule has 1 fully saturated rings. The average molecular weight is 279 g/mol. The summed E-state index contributed by atoms with van der Waals surface area (Å²) >= 11 is 0. The standard InChI is InChI=1S/C16H25NO3/c1-13-14(2)19-9-8-17(13)12-15-4-6-16(7-5-15)20-11-10-18-3/h4-7,13-14H,8-12H2,1-3H3/t13-,14-/m1/s1. The smallest absolute Gasteiger partial charge is 0.119 e. The van der Waals surface area contributed by atoms with Gasteiger partial charge in [-0.2, -0.15) is 0 Å². The molecule has 0 radical (unpaired) electrons. The Morgan fingerprint density at radius 3 is 2.65 bits per heavy atom. The Kier molecular flexibility index (Phi) is 5.83. The molecule has 0 amide bonds. The van der Waals surface area contributed by atoms with Gasteiger partial charge in [0.05, 0.1) is 19.3 Å². The maximum atomic E-state index is 5.66. The summed E-state index contributed by atoms with van der Waals surface area (Å²) in [7, 11) is 1.68. The molecule has 0 aromatic heterocycles. The zero-order valence-corrected chi connectivity index (χ0v) is 12.7. The van der Waals surface area contributed by atoms with Crippen molar-refractivity contribution in [3.8, 4) is 5.75 Å². The molecule has 0 N–H and O–H groups in total. The lowest BCUT2D eigenvalue weighted by Gasteiger charge is -2.37. The van der Waals surface area contributed by atoms with Crippen molar-refractivity contribution in [1.82, 2.24) is 4.90 Å². The van der Waals surface area contributed by atoms with E-state index in [0.29, 0.717) is 25.4 Å². The van der Waals surface area contributed by atoms with Gasteiger partial charge in [0.2, 0.25) is 0 Å². The molecule has 4 nitrogen and oxygen atoms in total. The van der Waals surface area contributed by atoms with Crippen LogP contribution < -0.4 is 4.74 Å². The van der Waals surface area contributed by atoms with Crippen LogP contribution in [0.3, 0.4) is 0 Å². The molecule has 4 heteroatoms. The molecule has 1 saturated heterocycles. The van der Waals surface area contributed by atoms with Gasteiger partial charge in [-0.3, -0.25) is 4.90 Å². The fraction of sp³-hybridized carbons (Fsp3) is 0.625. The molecule has 0 saturated carbocycles. The number of hydrogen-bond donors (Lipinski definition) is 0. The van der Waals surface area contributed by atoms with Crippen LogP contribution in [0.4, 0.5) is 0 Å². The second-order valence-corrected chi connectivity index (χ2v) is 5.27. The molecule has 1 aliphatic rings. The van der Waals surface area contributed by atoms with Crippen molar-refractivity contribution in [3.05, 3.63) is 29.8 Å². The molecule has 1 aromatic carbocycles. The predicted molar refractivity (Wildman–Crippen MR) is 79.1 cm³/mol. The third-order valence-electron chi connectivity index (χ3n) is 3.88. The van der Waals surface area contributed by atoms with Gasteiger partial charge in [-0.25, -0.2) is 0 Å². The van der Waals surface area contributed by atoms with Gasteiger partial charge in [0.1, 0.15) is 12.4 Å². The van der Waals surface area contributed by atoms with E-state index in [2.05, 4.69) is 30.9 Å². The molecule has 2 rings (SSSR count). The third kappa shape index (κ3) is 4.20. The predicted octanol–water partition coefficient (Wildman–Crippen LogP) is 2.32. The monoisotopic (exact) mass is 279 g/mol. The lowest BCUT2D eigenvalue weighted by Crippen LogP contribution is -2.47. The van der Waals surface area contributed by atoms with Crippen molar-refractivity contribution in [2.75, 3.05) is 33.5 Å². The fourth-order valence-electron chi connectivity index (χ4n) is 2.39. The van der Waals surface area contributed by atoms with Crippen LogP contribution in [0.15, 0.2) is 24.3 Å². The van der Waals surface area contributed by atoms with E-state index in [1.807, 2.05) is 12.1 Å². The van der Waals surface area contributed by atoms with Gasteiger partial charge >= 0.3 is 0 Å². The summed E-state index contributed by atoms with van der Waals surface area (Å²) in [6.45, 7) is 8.36. The molecule has 1 aromatic rings. The van der Waals surface area contributed by atoms with Crippen LogP contribution in [0.5, 0.6) is 5.75 Å². The number of nitrogens with zero attached hydrogens (tertiary/aromatic N) is 1. The van der Waals surface area contributed by atoms with Gasteiger partial charge < -0.3 is 14.2 Å². The molecule has 20 heavy (non-hydrogen) atoms. The van der Waals surface area contributed by atoms with Gasteiger partial charge in [-0.1, -0.05) is 12.1 Å². The quantitative estimate of drug-likeness (QED) is 0.748. The lowest BCUT2D eigenvalue weighted by molar-refractivity contribution is -0.0584. The topological polar surface area (TPSA) is 30.9 Å². The highest BCUT2D eigenvalue weighted by atomic mass is 16.5. The van der Waals surface area contributed by atoms with Crippen molar-refractivity contribution in [3.63, 3.8) is 0 Å². The summed E-state index contributed by atoms with van der Waals surface area (Å²) in [6.07, 6.45) is 0.306. The van der Waals surface area contributed by atoms with E-state index >= 15 is 0 Å². The van der Waals surface area contributed by atoms with E-state index in [1.54, 1.807) is 7.11 Å². The number of rotatable bonds is 6. The molecule has 0 unspecified atom stereocenters. The Morgan fingerprint density at radius 2 is 1.95 bits per heavy atom. The third-order valence-corrected chi connectivity index (χ3v) is 3.88. The van der Waals surface area contributed by atoms with Gasteiger partial charge in [0.25, 0.3) is 0 Å². The van der Waals surface area contributed by atoms with E-state index < -0.39 is 0 Å². The minimum Gasteiger partial charge on any atom is -0.491 e. The lowest BCUT2D eigenvalue weighted by atomic mass is 10.1. The van der Waals surface area contributed by atoms with Crippen molar-refractivity contribution in [2.24, 2.45) is 0 Å². The zero-order valence-electron chi connectivity index (χ0n) is 12.7. The normalized spacial score (nSPS) is 23.8. The largest absolute Gasteiger partial charge is 0.491 e. The van der Waals surface area contributed by atoms with Crippen LogP contribution in [0.1, 0.15) is 19.4 Å². The van der Waals surface area contributed by atoms with E-state index in [1.165, 1.54) is 5.56 Å². The van der Waals surface area contributed by atoms with Crippen LogP contribution in [-0.2, 0) is 16.0 Å². The molecule has 0 aliphatic carbocycles. The molecule has 2 atom stereocenters. The summed E-state index contributed by atoms with van der Waals surface area (Å²) in [5, 5.41) is 0. The van der Waals surface area contributed by atoms with Gasteiger partial charge in [0, 0.05) is 26.2 Å². The Hall–Kier alpha value is -1.10.